The molecule has 0 aliphatic heterocycles. The molecule has 0 heterocycles. The van der Waals surface area contributed by atoms with E-state index in [0.29, 0.717) is 6.54 Å². The van der Waals surface area contributed by atoms with E-state index in [1.807, 2.05) is 6.92 Å². The lowest BCUT2D eigenvalue weighted by Crippen LogP contribution is -2.26. The molecule has 0 aliphatic rings. The zero-order valence-electron chi connectivity index (χ0n) is 9.50. The van der Waals surface area contributed by atoms with Gasteiger partial charge in [0.2, 0.25) is 0 Å². The lowest BCUT2D eigenvalue weighted by atomic mass is 10.2. The van der Waals surface area contributed by atoms with Crippen LogP contribution in [0.3, 0.4) is 0 Å². The van der Waals surface area contributed by atoms with E-state index in [1.165, 1.54) is 4.90 Å². The monoisotopic (exact) mass is 234 g/mol. The Morgan fingerprint density at radius 3 is 2.35 bits per heavy atom. The first-order valence-electron chi connectivity index (χ1n) is 5.21. The van der Waals surface area contributed by atoms with Crippen LogP contribution in [-0.4, -0.2) is 13.1 Å². The van der Waals surface area contributed by atoms with Crippen molar-refractivity contribution in [1.29, 1.82) is 5.26 Å². The smallest absolute Gasteiger partial charge is 0.150 e. The van der Waals surface area contributed by atoms with Gasteiger partial charge in [-0.2, -0.15) is 5.26 Å². The predicted octanol–water partition coefficient (Wildman–Crippen LogP) is 2.69. The lowest BCUT2D eigenvalue weighted by molar-refractivity contribution is 0.573. The van der Waals surface area contributed by atoms with Crippen molar-refractivity contribution < 1.29 is 8.78 Å². The Balaban J connectivity index is 3.20. The molecule has 88 valence electrons. The number of nitriles is 1. The summed E-state index contributed by atoms with van der Waals surface area (Å²) in [5, 5.41) is 8.59. The molecule has 0 aromatic heterocycles. The van der Waals surface area contributed by atoms with E-state index < -0.39 is 11.6 Å². The molecule has 0 fully saturated rings. The second kappa shape index (κ2) is 5.86. The van der Waals surface area contributed by atoms with Crippen molar-refractivity contribution in [3.63, 3.8) is 0 Å². The first-order valence-corrected chi connectivity index (χ1v) is 5.21. The standard InChI is InChI=1S/C13H12F2N2/c1-3-5-17(6-4-2)13-11(14)7-10(9-16)8-12(13)15/h1,7-8H,4-6H2,2H3. The minimum Gasteiger partial charge on any atom is -0.356 e. The van der Waals surface area contributed by atoms with Crippen LogP contribution in [0.4, 0.5) is 14.5 Å². The van der Waals surface area contributed by atoms with Crippen molar-refractivity contribution >= 4 is 5.69 Å². The number of nitrogens with zero attached hydrogens (tertiary/aromatic N) is 2. The maximum atomic E-state index is 13.7. The molecule has 0 unspecified atom stereocenters. The summed E-state index contributed by atoms with van der Waals surface area (Å²) in [6.07, 6.45) is 5.89. The molecule has 0 spiro atoms. The summed E-state index contributed by atoms with van der Waals surface area (Å²) in [5.74, 6) is 0.844. The van der Waals surface area contributed by atoms with Crippen LogP contribution in [-0.2, 0) is 0 Å². The van der Waals surface area contributed by atoms with E-state index in [2.05, 4.69) is 5.92 Å². The van der Waals surface area contributed by atoms with Crippen molar-refractivity contribution in [1.82, 2.24) is 0 Å². The van der Waals surface area contributed by atoms with Gasteiger partial charge in [-0.1, -0.05) is 12.8 Å². The highest BCUT2D eigenvalue weighted by Crippen LogP contribution is 2.24. The van der Waals surface area contributed by atoms with Gasteiger partial charge in [-0.15, -0.1) is 6.42 Å². The van der Waals surface area contributed by atoms with Gasteiger partial charge in [-0.25, -0.2) is 8.78 Å². The van der Waals surface area contributed by atoms with Gasteiger partial charge in [0.05, 0.1) is 18.2 Å². The average molecular weight is 234 g/mol. The summed E-state index contributed by atoms with van der Waals surface area (Å²) < 4.78 is 27.4. The average Bonchev–Trinajstić information content (AvgIpc) is 2.28. The van der Waals surface area contributed by atoms with Crippen molar-refractivity contribution in [3.8, 4) is 18.4 Å². The molecule has 0 atom stereocenters. The summed E-state index contributed by atoms with van der Waals surface area (Å²) in [7, 11) is 0. The second-order valence-electron chi connectivity index (χ2n) is 3.53. The number of terminal acetylenes is 1. The fourth-order valence-electron chi connectivity index (χ4n) is 1.58. The number of hydrogen-bond donors (Lipinski definition) is 0. The van der Waals surface area contributed by atoms with Crippen LogP contribution in [0.2, 0.25) is 0 Å². The largest absolute Gasteiger partial charge is 0.356 e. The Labute approximate surface area is 99.5 Å². The molecule has 1 aromatic rings. The third kappa shape index (κ3) is 2.95. The minimum atomic E-state index is -0.759. The van der Waals surface area contributed by atoms with E-state index >= 15 is 0 Å². The highest BCUT2D eigenvalue weighted by Gasteiger charge is 2.16. The quantitative estimate of drug-likeness (QED) is 0.749. The zero-order valence-corrected chi connectivity index (χ0v) is 9.50. The number of hydrogen-bond acceptors (Lipinski definition) is 2. The fourth-order valence-corrected chi connectivity index (χ4v) is 1.58. The molecule has 17 heavy (non-hydrogen) atoms. The molecule has 1 rings (SSSR count). The summed E-state index contributed by atoms with van der Waals surface area (Å²) in [4.78, 5) is 1.45. The van der Waals surface area contributed by atoms with Crippen LogP contribution in [0.1, 0.15) is 18.9 Å². The SMILES string of the molecule is C#CCN(CCC)c1c(F)cc(C#N)cc1F. The first kappa shape index (κ1) is 13.0. The molecular formula is C13H12F2N2. The third-order valence-corrected chi connectivity index (χ3v) is 2.24. The van der Waals surface area contributed by atoms with Gasteiger partial charge < -0.3 is 4.90 Å². The molecule has 0 N–H and O–H groups in total. The van der Waals surface area contributed by atoms with Crippen molar-refractivity contribution in [2.24, 2.45) is 0 Å². The molecule has 4 heteroatoms. The maximum absolute atomic E-state index is 13.7. The van der Waals surface area contributed by atoms with E-state index in [-0.39, 0.29) is 17.8 Å². The lowest BCUT2D eigenvalue weighted by Gasteiger charge is -2.22. The number of halogens is 2. The van der Waals surface area contributed by atoms with Crippen molar-refractivity contribution in [2.45, 2.75) is 13.3 Å². The van der Waals surface area contributed by atoms with Crippen LogP contribution in [0.25, 0.3) is 0 Å². The highest BCUT2D eigenvalue weighted by atomic mass is 19.1. The van der Waals surface area contributed by atoms with Gasteiger partial charge in [0.25, 0.3) is 0 Å². The molecule has 0 amide bonds. The van der Waals surface area contributed by atoms with E-state index in [4.69, 9.17) is 11.7 Å². The summed E-state index contributed by atoms with van der Waals surface area (Å²) >= 11 is 0. The summed E-state index contributed by atoms with van der Waals surface area (Å²) in [6, 6.07) is 3.72. The van der Waals surface area contributed by atoms with Crippen LogP contribution in [0.5, 0.6) is 0 Å². The summed E-state index contributed by atoms with van der Waals surface area (Å²) in [5.41, 5.74) is -0.204. The predicted molar refractivity (Wildman–Crippen MR) is 62.4 cm³/mol. The van der Waals surface area contributed by atoms with Crippen LogP contribution in [0, 0.1) is 35.3 Å². The van der Waals surface area contributed by atoms with Crippen LogP contribution in [0.15, 0.2) is 12.1 Å². The van der Waals surface area contributed by atoms with E-state index in [9.17, 15) is 8.78 Å². The Hall–Kier alpha value is -2.07. The number of rotatable bonds is 4. The summed E-state index contributed by atoms with van der Waals surface area (Å²) in [6.45, 7) is 2.49. The third-order valence-electron chi connectivity index (χ3n) is 2.24. The van der Waals surface area contributed by atoms with Gasteiger partial charge >= 0.3 is 0 Å². The molecule has 0 saturated heterocycles. The molecule has 1 aromatic carbocycles. The molecular weight excluding hydrogens is 222 g/mol. The Bertz CT molecular complexity index is 460. The van der Waals surface area contributed by atoms with Crippen molar-refractivity contribution in [2.75, 3.05) is 18.0 Å². The van der Waals surface area contributed by atoms with Gasteiger partial charge in [0.1, 0.15) is 5.69 Å². The van der Waals surface area contributed by atoms with Gasteiger partial charge in [-0.3, -0.25) is 0 Å². The van der Waals surface area contributed by atoms with Crippen LogP contribution >= 0.6 is 0 Å². The van der Waals surface area contributed by atoms with Crippen molar-refractivity contribution in [3.05, 3.63) is 29.3 Å². The Morgan fingerprint density at radius 1 is 1.35 bits per heavy atom. The molecule has 0 radical (unpaired) electrons. The molecule has 0 bridgehead atoms. The molecule has 0 aliphatic carbocycles. The number of benzene rings is 1. The Kier molecular flexibility index (Phi) is 4.48. The maximum Gasteiger partial charge on any atom is 0.150 e. The highest BCUT2D eigenvalue weighted by molar-refractivity contribution is 5.53. The van der Waals surface area contributed by atoms with Crippen LogP contribution < -0.4 is 4.90 Å². The van der Waals surface area contributed by atoms with Gasteiger partial charge in [0, 0.05) is 6.54 Å². The topological polar surface area (TPSA) is 27.0 Å². The van der Waals surface area contributed by atoms with Gasteiger partial charge in [0.15, 0.2) is 11.6 Å². The normalized spacial score (nSPS) is 9.47. The molecule has 0 saturated carbocycles. The number of anilines is 1. The van der Waals surface area contributed by atoms with E-state index in [0.717, 1.165) is 18.6 Å². The second-order valence-corrected chi connectivity index (χ2v) is 3.53. The Morgan fingerprint density at radius 2 is 1.94 bits per heavy atom. The minimum absolute atomic E-state index is 0.0408. The molecule has 2 nitrogen and oxygen atoms in total. The zero-order chi connectivity index (χ0) is 12.8. The van der Waals surface area contributed by atoms with Gasteiger partial charge in [-0.05, 0) is 18.6 Å². The van der Waals surface area contributed by atoms with E-state index in [1.54, 1.807) is 6.07 Å². The fraction of sp³-hybridized carbons (Fsp3) is 0.308. The first-order chi connectivity index (χ1) is 8.13.